The molecule has 1 N–H and O–H groups in total. The van der Waals surface area contributed by atoms with E-state index < -0.39 is 0 Å². The third-order valence-electron chi connectivity index (χ3n) is 6.02. The fourth-order valence-corrected chi connectivity index (χ4v) is 5.60. The van der Waals surface area contributed by atoms with Crippen LogP contribution in [0.5, 0.6) is 0 Å². The van der Waals surface area contributed by atoms with Gasteiger partial charge in [0.2, 0.25) is 0 Å². The maximum atomic E-state index is 12.1. The van der Waals surface area contributed by atoms with E-state index in [0.717, 1.165) is 42.5 Å². The Labute approximate surface area is 173 Å². The zero-order valence-corrected chi connectivity index (χ0v) is 17.4. The van der Waals surface area contributed by atoms with Gasteiger partial charge in [-0.1, -0.05) is 31.2 Å². The Bertz CT molecular complexity index is 1190. The van der Waals surface area contributed by atoms with Gasteiger partial charge in [-0.2, -0.15) is 0 Å². The van der Waals surface area contributed by atoms with Crippen molar-refractivity contribution in [1.29, 1.82) is 0 Å². The van der Waals surface area contributed by atoms with Crippen molar-refractivity contribution in [3.05, 3.63) is 75.1 Å². The molecule has 0 amide bonds. The first-order valence-corrected chi connectivity index (χ1v) is 11.3. The molecule has 0 aliphatic carbocycles. The number of rotatable bonds is 4. The zero-order valence-electron chi connectivity index (χ0n) is 16.6. The Kier molecular flexibility index (Phi) is 4.94. The summed E-state index contributed by atoms with van der Waals surface area (Å²) < 4.78 is 6.76. The summed E-state index contributed by atoms with van der Waals surface area (Å²) in [6.07, 6.45) is 3.32. The molecule has 1 saturated heterocycles. The highest BCUT2D eigenvalue weighted by Crippen LogP contribution is 2.30. The number of quaternary nitrogens is 1. The van der Waals surface area contributed by atoms with Gasteiger partial charge in [0.25, 0.3) is 0 Å². The second-order valence-corrected chi connectivity index (χ2v) is 9.08. The van der Waals surface area contributed by atoms with Crippen LogP contribution in [-0.2, 0) is 13.0 Å². The van der Waals surface area contributed by atoms with Crippen molar-refractivity contribution in [3.63, 3.8) is 0 Å². The van der Waals surface area contributed by atoms with Gasteiger partial charge in [-0.3, -0.25) is 0 Å². The van der Waals surface area contributed by atoms with Gasteiger partial charge < -0.3 is 9.32 Å². The van der Waals surface area contributed by atoms with E-state index >= 15 is 0 Å². The predicted molar refractivity (Wildman–Crippen MR) is 118 cm³/mol. The Morgan fingerprint density at radius 1 is 1.21 bits per heavy atom. The van der Waals surface area contributed by atoms with Crippen LogP contribution < -0.4 is 10.5 Å². The lowest BCUT2D eigenvalue weighted by molar-refractivity contribution is -0.919. The van der Waals surface area contributed by atoms with Crippen LogP contribution in [-0.4, -0.2) is 18.1 Å². The van der Waals surface area contributed by atoms with Crippen LogP contribution in [0.15, 0.2) is 57.7 Å². The van der Waals surface area contributed by atoms with Crippen LogP contribution in [0.25, 0.3) is 21.2 Å². The quantitative estimate of drug-likeness (QED) is 0.524. The van der Waals surface area contributed by atoms with E-state index in [4.69, 9.17) is 9.40 Å². The van der Waals surface area contributed by atoms with E-state index in [-0.39, 0.29) is 5.63 Å². The molecule has 5 heteroatoms. The van der Waals surface area contributed by atoms with Crippen molar-refractivity contribution in [2.24, 2.45) is 0 Å². The van der Waals surface area contributed by atoms with Gasteiger partial charge in [-0.15, -0.1) is 11.3 Å². The molecule has 2 aromatic heterocycles. The molecule has 0 saturated carbocycles. The maximum absolute atomic E-state index is 12.1. The van der Waals surface area contributed by atoms with Gasteiger partial charge in [0, 0.05) is 17.0 Å². The molecule has 1 aliphatic rings. The monoisotopic (exact) mass is 405 g/mol. The van der Waals surface area contributed by atoms with Gasteiger partial charge in [-0.05, 0) is 43.0 Å². The molecular formula is C24H25N2O2S+. The molecule has 148 valence electrons. The lowest BCUT2D eigenvalue weighted by Crippen LogP contribution is -3.12. The molecule has 3 heterocycles. The first-order chi connectivity index (χ1) is 14.2. The van der Waals surface area contributed by atoms with Crippen molar-refractivity contribution < 1.29 is 9.32 Å². The minimum atomic E-state index is -0.250. The lowest BCUT2D eigenvalue weighted by Gasteiger charge is -2.29. The Morgan fingerprint density at radius 3 is 2.97 bits per heavy atom. The average molecular weight is 406 g/mol. The maximum Gasteiger partial charge on any atom is 0.336 e. The van der Waals surface area contributed by atoms with Gasteiger partial charge in [-0.25, -0.2) is 9.78 Å². The van der Waals surface area contributed by atoms with Crippen LogP contribution in [0.4, 0.5) is 0 Å². The van der Waals surface area contributed by atoms with E-state index in [1.165, 1.54) is 33.0 Å². The topological polar surface area (TPSA) is 47.5 Å². The normalized spacial score (nSPS) is 19.8. The number of nitrogens with zero attached hydrogens (tertiary/aromatic N) is 1. The number of benzene rings is 2. The second-order valence-electron chi connectivity index (χ2n) is 8.01. The number of aryl methyl sites for hydroxylation is 1. The van der Waals surface area contributed by atoms with Crippen LogP contribution in [0, 0.1) is 0 Å². The summed E-state index contributed by atoms with van der Waals surface area (Å²) in [5.41, 5.74) is 3.86. The first-order valence-electron chi connectivity index (χ1n) is 10.4. The molecule has 1 unspecified atom stereocenters. The van der Waals surface area contributed by atoms with Gasteiger partial charge in [0.1, 0.15) is 17.1 Å². The molecule has 0 spiro atoms. The number of hydrogen-bond donors (Lipinski definition) is 1. The smallest absolute Gasteiger partial charge is 0.336 e. The van der Waals surface area contributed by atoms with Crippen LogP contribution in [0.2, 0.25) is 0 Å². The Morgan fingerprint density at radius 2 is 2.10 bits per heavy atom. The molecule has 2 atom stereocenters. The van der Waals surface area contributed by atoms with Crippen molar-refractivity contribution in [2.75, 3.05) is 13.1 Å². The Balaban J connectivity index is 1.41. The summed E-state index contributed by atoms with van der Waals surface area (Å²) in [6.45, 7) is 5.17. The lowest BCUT2D eigenvalue weighted by atomic mass is 9.97. The number of fused-ring (bicyclic) bond motifs is 2. The molecule has 4 aromatic rings. The summed E-state index contributed by atoms with van der Waals surface area (Å²) in [5.74, 6) is 0.495. The molecule has 1 aliphatic heterocycles. The fraction of sp³-hybridized carbons (Fsp3) is 0.333. The van der Waals surface area contributed by atoms with E-state index in [2.05, 4.69) is 43.3 Å². The van der Waals surface area contributed by atoms with Crippen LogP contribution >= 0.6 is 11.3 Å². The molecule has 5 rings (SSSR count). The van der Waals surface area contributed by atoms with E-state index in [1.54, 1.807) is 6.07 Å². The second kappa shape index (κ2) is 7.73. The molecular weight excluding hydrogens is 380 g/mol. The molecule has 29 heavy (non-hydrogen) atoms. The number of likely N-dealkylation sites (tertiary alicyclic amines) is 1. The largest absolute Gasteiger partial charge is 0.423 e. The van der Waals surface area contributed by atoms with E-state index in [9.17, 15) is 4.79 Å². The van der Waals surface area contributed by atoms with E-state index in [1.807, 2.05) is 17.4 Å². The zero-order chi connectivity index (χ0) is 19.8. The van der Waals surface area contributed by atoms with Crippen LogP contribution in [0.3, 0.4) is 0 Å². The van der Waals surface area contributed by atoms with Gasteiger partial charge >= 0.3 is 5.63 Å². The summed E-state index contributed by atoms with van der Waals surface area (Å²) in [6, 6.07) is 16.3. The summed E-state index contributed by atoms with van der Waals surface area (Å²) in [7, 11) is 0. The number of nitrogens with one attached hydrogen (secondary N) is 1. The Hall–Kier alpha value is -2.50. The SMILES string of the molecule is CCc1ccc2c(C[NH+]3CCC[C@H](c4nc5ccccc5s4)C3)cc(=O)oc2c1. The van der Waals surface area contributed by atoms with Crippen molar-refractivity contribution in [2.45, 2.75) is 38.6 Å². The summed E-state index contributed by atoms with van der Waals surface area (Å²) in [4.78, 5) is 18.6. The van der Waals surface area contributed by atoms with Crippen LogP contribution in [0.1, 0.15) is 41.8 Å². The number of hydrogen-bond acceptors (Lipinski definition) is 4. The minimum Gasteiger partial charge on any atom is -0.423 e. The number of piperidine rings is 1. The van der Waals surface area contributed by atoms with Gasteiger partial charge in [0.05, 0.1) is 29.2 Å². The predicted octanol–water partition coefficient (Wildman–Crippen LogP) is 3.93. The van der Waals surface area contributed by atoms with Crippen molar-refractivity contribution in [3.8, 4) is 0 Å². The number of para-hydroxylation sites is 1. The third-order valence-corrected chi connectivity index (χ3v) is 7.22. The molecule has 1 fully saturated rings. The summed E-state index contributed by atoms with van der Waals surface area (Å²) in [5, 5.41) is 2.32. The average Bonchev–Trinajstić information content (AvgIpc) is 3.18. The first kappa shape index (κ1) is 18.5. The molecule has 0 radical (unpaired) electrons. The molecule has 0 bridgehead atoms. The van der Waals surface area contributed by atoms with Crippen molar-refractivity contribution in [1.82, 2.24) is 4.98 Å². The van der Waals surface area contributed by atoms with Crippen molar-refractivity contribution >= 4 is 32.5 Å². The highest BCUT2D eigenvalue weighted by atomic mass is 32.1. The van der Waals surface area contributed by atoms with E-state index in [0.29, 0.717) is 11.5 Å². The number of thiazole rings is 1. The summed E-state index contributed by atoms with van der Waals surface area (Å²) >= 11 is 1.83. The highest BCUT2D eigenvalue weighted by molar-refractivity contribution is 7.18. The highest BCUT2D eigenvalue weighted by Gasteiger charge is 2.27. The fourth-order valence-electron chi connectivity index (χ4n) is 4.50. The molecule has 2 aromatic carbocycles. The van der Waals surface area contributed by atoms with Gasteiger partial charge in [0.15, 0.2) is 0 Å². The number of aromatic nitrogens is 1. The minimum absolute atomic E-state index is 0.250. The molecule has 4 nitrogen and oxygen atoms in total. The standard InChI is InChI=1S/C24H24N2O2S/c1-2-16-9-10-19-18(13-23(27)28-21(19)12-16)15-26-11-5-6-17(14-26)24-25-20-7-3-4-8-22(20)29-24/h3-4,7-10,12-13,17H,2,5-6,11,14-15H2,1H3/p+1/t17-/m0/s1. The third kappa shape index (κ3) is 3.72.